The molecule has 2 rings (SSSR count). The van der Waals surface area contributed by atoms with Crippen LogP contribution in [0.4, 0.5) is 0 Å². The summed E-state index contributed by atoms with van der Waals surface area (Å²) in [5, 5.41) is 18.1. The van der Waals surface area contributed by atoms with E-state index in [1.807, 2.05) is 11.9 Å². The molecule has 0 radical (unpaired) electrons. The lowest BCUT2D eigenvalue weighted by atomic mass is 10.1. The van der Waals surface area contributed by atoms with E-state index in [0.717, 1.165) is 0 Å². The van der Waals surface area contributed by atoms with Gasteiger partial charge >= 0.3 is 0 Å². The van der Waals surface area contributed by atoms with Crippen LogP contribution in [0.5, 0.6) is 5.75 Å². The van der Waals surface area contributed by atoms with Gasteiger partial charge in [0.1, 0.15) is 23.9 Å². The molecular weight excluding hydrogens is 258 g/mol. The van der Waals surface area contributed by atoms with Crippen molar-refractivity contribution < 1.29 is 19.4 Å². The van der Waals surface area contributed by atoms with Gasteiger partial charge < -0.3 is 14.6 Å². The second-order valence-corrected chi connectivity index (χ2v) is 4.67. The number of aliphatic hydroxyl groups is 1. The lowest BCUT2D eigenvalue weighted by Gasteiger charge is -2.14. The molecule has 1 aromatic heterocycles. The molecule has 0 aliphatic heterocycles. The van der Waals surface area contributed by atoms with Gasteiger partial charge in [-0.25, -0.2) is 0 Å². The van der Waals surface area contributed by atoms with E-state index in [9.17, 15) is 9.90 Å². The Kier molecular flexibility index (Phi) is 4.55. The van der Waals surface area contributed by atoms with Crippen molar-refractivity contribution in [3.05, 3.63) is 53.5 Å². The van der Waals surface area contributed by atoms with Crippen LogP contribution >= 0.6 is 0 Å². The summed E-state index contributed by atoms with van der Waals surface area (Å²) in [5.41, 5.74) is 0.560. The summed E-state index contributed by atoms with van der Waals surface area (Å²) >= 11 is 0. The van der Waals surface area contributed by atoms with Gasteiger partial charge in [-0.15, -0.1) is 0 Å². The van der Waals surface area contributed by atoms with Gasteiger partial charge in [0.25, 0.3) is 0 Å². The normalized spacial score (nSPS) is 10.9. The molecule has 1 heterocycles. The van der Waals surface area contributed by atoms with E-state index in [-0.39, 0.29) is 24.7 Å². The zero-order valence-electron chi connectivity index (χ0n) is 11.2. The molecule has 0 bridgehead atoms. The van der Waals surface area contributed by atoms with Gasteiger partial charge in [-0.1, -0.05) is 0 Å². The number of likely N-dealkylation sites (N-methyl/N-ethyl adjacent to an activating group) is 1. The number of carbonyl (C=O) groups excluding carboxylic acids is 1. The molecule has 0 aliphatic rings. The van der Waals surface area contributed by atoms with Crippen molar-refractivity contribution >= 4 is 5.78 Å². The van der Waals surface area contributed by atoms with Crippen molar-refractivity contribution in [2.75, 3.05) is 13.6 Å². The summed E-state index contributed by atoms with van der Waals surface area (Å²) in [6.07, 6.45) is 0. The number of hydrogen-bond acceptors (Lipinski definition) is 5. The van der Waals surface area contributed by atoms with E-state index in [1.54, 1.807) is 24.3 Å². The van der Waals surface area contributed by atoms with Crippen LogP contribution in [-0.2, 0) is 13.2 Å². The molecule has 0 aliphatic carbocycles. The lowest BCUT2D eigenvalue weighted by molar-refractivity contribution is 0.0939. The number of rotatable bonds is 6. The molecule has 2 N–H and O–H groups in total. The van der Waals surface area contributed by atoms with Crippen molar-refractivity contribution in [3.8, 4) is 5.75 Å². The first-order chi connectivity index (χ1) is 9.58. The second kappa shape index (κ2) is 6.36. The molecule has 2 aromatic rings. The van der Waals surface area contributed by atoms with Crippen molar-refractivity contribution in [2.24, 2.45) is 0 Å². The summed E-state index contributed by atoms with van der Waals surface area (Å²) < 4.78 is 5.37. The minimum absolute atomic E-state index is 0.0264. The molecule has 106 valence electrons. The number of phenols is 1. The smallest absolute Gasteiger partial charge is 0.176 e. The molecule has 0 saturated heterocycles. The average Bonchev–Trinajstić information content (AvgIpc) is 2.86. The van der Waals surface area contributed by atoms with Crippen molar-refractivity contribution in [3.63, 3.8) is 0 Å². The van der Waals surface area contributed by atoms with Gasteiger partial charge in [-0.2, -0.15) is 0 Å². The SMILES string of the molecule is CN(CC(=O)c1ccc(O)cc1)Cc1ccc(CO)o1. The maximum atomic E-state index is 12.0. The fraction of sp³-hybridized carbons (Fsp3) is 0.267. The van der Waals surface area contributed by atoms with Crippen LogP contribution in [0.25, 0.3) is 0 Å². The summed E-state index contributed by atoms with van der Waals surface area (Å²) in [7, 11) is 1.82. The fourth-order valence-corrected chi connectivity index (χ4v) is 1.90. The Morgan fingerprint density at radius 2 is 1.80 bits per heavy atom. The average molecular weight is 275 g/mol. The molecular formula is C15H17NO4. The van der Waals surface area contributed by atoms with Gasteiger partial charge in [0.05, 0.1) is 13.1 Å². The molecule has 1 aromatic carbocycles. The third-order valence-corrected chi connectivity index (χ3v) is 2.90. The minimum Gasteiger partial charge on any atom is -0.508 e. The molecule has 0 fully saturated rings. The number of benzene rings is 1. The van der Waals surface area contributed by atoms with E-state index in [1.165, 1.54) is 12.1 Å². The molecule has 5 nitrogen and oxygen atoms in total. The first kappa shape index (κ1) is 14.3. The first-order valence-corrected chi connectivity index (χ1v) is 6.27. The molecule has 0 atom stereocenters. The molecule has 5 heteroatoms. The van der Waals surface area contributed by atoms with Gasteiger partial charge in [-0.3, -0.25) is 9.69 Å². The van der Waals surface area contributed by atoms with Crippen molar-refractivity contribution in [2.45, 2.75) is 13.2 Å². The summed E-state index contributed by atoms with van der Waals surface area (Å²) in [5.74, 6) is 1.33. The zero-order chi connectivity index (χ0) is 14.5. The fourth-order valence-electron chi connectivity index (χ4n) is 1.90. The largest absolute Gasteiger partial charge is 0.508 e. The Bertz CT molecular complexity index is 574. The van der Waals surface area contributed by atoms with Gasteiger partial charge in [0.15, 0.2) is 5.78 Å². The van der Waals surface area contributed by atoms with Crippen LogP contribution in [0.15, 0.2) is 40.8 Å². The van der Waals surface area contributed by atoms with Crippen molar-refractivity contribution in [1.29, 1.82) is 0 Å². The van der Waals surface area contributed by atoms with Crippen molar-refractivity contribution in [1.82, 2.24) is 4.90 Å². The monoisotopic (exact) mass is 275 g/mol. The Morgan fingerprint density at radius 3 is 2.40 bits per heavy atom. The Morgan fingerprint density at radius 1 is 1.15 bits per heavy atom. The summed E-state index contributed by atoms with van der Waals surface area (Å²) in [6.45, 7) is 0.611. The first-order valence-electron chi connectivity index (χ1n) is 6.27. The topological polar surface area (TPSA) is 73.9 Å². The van der Waals surface area contributed by atoms with E-state index in [2.05, 4.69) is 0 Å². The van der Waals surface area contributed by atoms with Gasteiger partial charge in [0, 0.05) is 5.56 Å². The highest BCUT2D eigenvalue weighted by Crippen LogP contribution is 2.12. The minimum atomic E-state index is -0.129. The number of phenolic OH excluding ortho intramolecular Hbond substituents is 1. The third kappa shape index (κ3) is 3.69. The lowest BCUT2D eigenvalue weighted by Crippen LogP contribution is -2.25. The quantitative estimate of drug-likeness (QED) is 0.786. The zero-order valence-corrected chi connectivity index (χ0v) is 11.2. The van der Waals surface area contributed by atoms with Crippen LogP contribution in [-0.4, -0.2) is 34.5 Å². The molecule has 0 spiro atoms. The number of nitrogens with zero attached hydrogens (tertiary/aromatic N) is 1. The number of aromatic hydroxyl groups is 1. The van der Waals surface area contributed by atoms with Crippen LogP contribution in [0.3, 0.4) is 0 Å². The highest BCUT2D eigenvalue weighted by Gasteiger charge is 2.11. The number of ketones is 1. The molecule has 0 unspecified atom stereocenters. The number of Topliss-reactive ketones (excluding diaryl/α,β-unsaturated/α-hetero) is 1. The number of aliphatic hydroxyl groups excluding tert-OH is 1. The highest BCUT2D eigenvalue weighted by atomic mass is 16.4. The standard InChI is InChI=1S/C15H17NO4/c1-16(8-13-6-7-14(10-17)20-13)9-15(19)11-2-4-12(18)5-3-11/h2-7,17-18H,8-10H2,1H3. The third-order valence-electron chi connectivity index (χ3n) is 2.90. The number of furan rings is 1. The maximum Gasteiger partial charge on any atom is 0.176 e. The van der Waals surface area contributed by atoms with Crippen LogP contribution in [0.2, 0.25) is 0 Å². The molecule has 20 heavy (non-hydrogen) atoms. The Hall–Kier alpha value is -2.11. The molecule has 0 amide bonds. The van der Waals surface area contributed by atoms with E-state index in [4.69, 9.17) is 9.52 Å². The predicted molar refractivity (Wildman–Crippen MR) is 73.4 cm³/mol. The number of carbonyl (C=O) groups is 1. The number of hydrogen-bond donors (Lipinski definition) is 2. The van der Waals surface area contributed by atoms with E-state index in [0.29, 0.717) is 23.6 Å². The summed E-state index contributed by atoms with van der Waals surface area (Å²) in [6, 6.07) is 9.68. The maximum absolute atomic E-state index is 12.0. The molecule has 0 saturated carbocycles. The summed E-state index contributed by atoms with van der Waals surface area (Å²) in [4.78, 5) is 13.9. The van der Waals surface area contributed by atoms with E-state index >= 15 is 0 Å². The second-order valence-electron chi connectivity index (χ2n) is 4.67. The van der Waals surface area contributed by atoms with Crippen LogP contribution in [0.1, 0.15) is 21.9 Å². The van der Waals surface area contributed by atoms with Crippen LogP contribution in [0, 0.1) is 0 Å². The highest BCUT2D eigenvalue weighted by molar-refractivity contribution is 5.97. The van der Waals surface area contributed by atoms with Gasteiger partial charge in [-0.05, 0) is 43.4 Å². The van der Waals surface area contributed by atoms with Gasteiger partial charge in [0.2, 0.25) is 0 Å². The van der Waals surface area contributed by atoms with E-state index < -0.39 is 0 Å². The Labute approximate surface area is 117 Å². The van der Waals surface area contributed by atoms with Crippen LogP contribution < -0.4 is 0 Å². The Balaban J connectivity index is 1.92. The predicted octanol–water partition coefficient (Wildman–Crippen LogP) is 1.79.